The molecule has 1 aliphatic rings. The fraction of sp³-hybridized carbons (Fsp3) is 0.250. The summed E-state index contributed by atoms with van der Waals surface area (Å²) in [5.41, 5.74) is 1.07. The Morgan fingerprint density at radius 2 is 2.00 bits per heavy atom. The lowest BCUT2D eigenvalue weighted by molar-refractivity contribution is 1.35. The maximum Gasteiger partial charge on any atom is 0.0398 e. The highest BCUT2D eigenvalue weighted by molar-refractivity contribution is 6.33. The third-order valence-corrected chi connectivity index (χ3v) is 2.10. The molecule has 0 fully saturated rings. The van der Waals surface area contributed by atoms with Gasteiger partial charge in [0, 0.05) is 16.5 Å². The van der Waals surface area contributed by atoms with Crippen molar-refractivity contribution in [2.45, 2.75) is 13.3 Å². The molecule has 0 radical (unpaired) electrons. The molecular weight excluding hydrogens is 167 g/mol. The van der Waals surface area contributed by atoms with Crippen LogP contribution in [0.4, 0.5) is 0 Å². The van der Waals surface area contributed by atoms with Gasteiger partial charge in [0.25, 0.3) is 0 Å². The molecule has 0 atom stereocenters. The van der Waals surface area contributed by atoms with E-state index in [2.05, 4.69) is 0 Å². The first kappa shape index (κ1) is 7.90. The zero-order chi connectivity index (χ0) is 7.56. The number of hydrogen-bond acceptors (Lipinski definition) is 0. The Morgan fingerprint density at radius 3 is 2.70 bits per heavy atom. The summed E-state index contributed by atoms with van der Waals surface area (Å²) in [6, 6.07) is 0. The zero-order valence-electron chi connectivity index (χ0n) is 5.70. The summed E-state index contributed by atoms with van der Waals surface area (Å²) in [6.07, 6.45) is 6.46. The maximum atomic E-state index is 5.84. The van der Waals surface area contributed by atoms with E-state index in [1.807, 2.05) is 25.2 Å². The van der Waals surface area contributed by atoms with Crippen LogP contribution in [0.3, 0.4) is 0 Å². The van der Waals surface area contributed by atoms with Crippen LogP contribution in [0.5, 0.6) is 0 Å². The van der Waals surface area contributed by atoms with Crippen molar-refractivity contribution in [3.05, 3.63) is 33.9 Å². The van der Waals surface area contributed by atoms with Gasteiger partial charge in [-0.05, 0) is 18.6 Å². The SMILES string of the molecule is CC1=CC=C(Cl)CC=C1Cl. The molecule has 0 heterocycles. The van der Waals surface area contributed by atoms with Gasteiger partial charge in [-0.3, -0.25) is 0 Å². The Hall–Kier alpha value is -0.200. The fourth-order valence-corrected chi connectivity index (χ4v) is 0.991. The lowest BCUT2D eigenvalue weighted by atomic mass is 10.3. The number of halogens is 2. The van der Waals surface area contributed by atoms with Crippen LogP contribution in [-0.4, -0.2) is 0 Å². The van der Waals surface area contributed by atoms with Crippen molar-refractivity contribution in [2.24, 2.45) is 0 Å². The van der Waals surface area contributed by atoms with Gasteiger partial charge in [-0.15, -0.1) is 0 Å². The van der Waals surface area contributed by atoms with Gasteiger partial charge < -0.3 is 0 Å². The topological polar surface area (TPSA) is 0 Å². The first-order chi connectivity index (χ1) is 4.70. The molecular formula is C8H8Cl2. The average molecular weight is 175 g/mol. The van der Waals surface area contributed by atoms with E-state index in [0.717, 1.165) is 22.1 Å². The van der Waals surface area contributed by atoms with E-state index >= 15 is 0 Å². The van der Waals surface area contributed by atoms with Gasteiger partial charge in [-0.1, -0.05) is 35.4 Å². The van der Waals surface area contributed by atoms with E-state index in [1.165, 1.54) is 0 Å². The second kappa shape index (κ2) is 3.27. The van der Waals surface area contributed by atoms with E-state index in [9.17, 15) is 0 Å². The van der Waals surface area contributed by atoms with Crippen molar-refractivity contribution in [3.63, 3.8) is 0 Å². The van der Waals surface area contributed by atoms with Gasteiger partial charge >= 0.3 is 0 Å². The van der Waals surface area contributed by atoms with Crippen LogP contribution in [0.25, 0.3) is 0 Å². The quantitative estimate of drug-likeness (QED) is 0.527. The molecule has 0 aromatic rings. The third kappa shape index (κ3) is 1.89. The van der Waals surface area contributed by atoms with Crippen LogP contribution in [0.1, 0.15) is 13.3 Å². The monoisotopic (exact) mass is 174 g/mol. The molecule has 0 aliphatic heterocycles. The van der Waals surface area contributed by atoms with Gasteiger partial charge in [-0.25, -0.2) is 0 Å². The first-order valence-electron chi connectivity index (χ1n) is 3.09. The molecule has 0 nitrogen and oxygen atoms in total. The minimum absolute atomic E-state index is 0.744. The summed E-state index contributed by atoms with van der Waals surface area (Å²) < 4.78 is 0. The van der Waals surface area contributed by atoms with Crippen molar-refractivity contribution in [1.82, 2.24) is 0 Å². The molecule has 0 saturated carbocycles. The van der Waals surface area contributed by atoms with E-state index in [1.54, 1.807) is 0 Å². The summed E-state index contributed by atoms with van der Waals surface area (Å²) in [6.45, 7) is 1.96. The molecule has 1 aliphatic carbocycles. The standard InChI is InChI=1S/C8H8Cl2/c1-6-2-3-7(9)4-5-8(6)10/h2-3,5H,4H2,1H3. The van der Waals surface area contributed by atoms with Gasteiger partial charge in [0.15, 0.2) is 0 Å². The average Bonchev–Trinajstić information content (AvgIpc) is 2.04. The maximum absolute atomic E-state index is 5.84. The highest BCUT2D eigenvalue weighted by atomic mass is 35.5. The van der Waals surface area contributed by atoms with Gasteiger partial charge in [-0.2, -0.15) is 0 Å². The Bertz CT molecular complexity index is 221. The normalized spacial score (nSPS) is 18.9. The van der Waals surface area contributed by atoms with Gasteiger partial charge in [0.2, 0.25) is 0 Å². The Morgan fingerprint density at radius 1 is 1.30 bits per heavy atom. The summed E-state index contributed by atoms with van der Waals surface area (Å²) >= 11 is 11.6. The van der Waals surface area contributed by atoms with Crippen LogP contribution >= 0.6 is 23.2 Å². The van der Waals surface area contributed by atoms with Crippen molar-refractivity contribution in [1.29, 1.82) is 0 Å². The molecule has 0 unspecified atom stereocenters. The summed E-state index contributed by atoms with van der Waals surface area (Å²) in [7, 11) is 0. The largest absolute Gasteiger partial charge is 0.0888 e. The fourth-order valence-electron chi connectivity index (χ4n) is 0.711. The highest BCUT2D eigenvalue weighted by Gasteiger charge is 1.99. The Kier molecular flexibility index (Phi) is 2.58. The van der Waals surface area contributed by atoms with Crippen molar-refractivity contribution >= 4 is 23.2 Å². The summed E-state index contributed by atoms with van der Waals surface area (Å²) in [5.74, 6) is 0. The number of hydrogen-bond donors (Lipinski definition) is 0. The third-order valence-electron chi connectivity index (χ3n) is 1.37. The summed E-state index contributed by atoms with van der Waals surface area (Å²) in [4.78, 5) is 0. The molecule has 0 N–H and O–H groups in total. The number of rotatable bonds is 0. The second-order valence-corrected chi connectivity index (χ2v) is 3.11. The van der Waals surface area contributed by atoms with E-state index in [0.29, 0.717) is 0 Å². The van der Waals surface area contributed by atoms with Crippen molar-refractivity contribution in [2.75, 3.05) is 0 Å². The molecule has 0 aromatic carbocycles. The molecule has 0 saturated heterocycles. The summed E-state index contributed by atoms with van der Waals surface area (Å²) in [5, 5.41) is 1.63. The van der Waals surface area contributed by atoms with Crippen molar-refractivity contribution < 1.29 is 0 Å². The predicted molar refractivity (Wildman–Crippen MR) is 46.2 cm³/mol. The molecule has 1 rings (SSSR count). The van der Waals surface area contributed by atoms with Crippen LogP contribution < -0.4 is 0 Å². The predicted octanol–water partition coefficient (Wildman–Crippen LogP) is 3.58. The molecule has 2 heteroatoms. The van der Waals surface area contributed by atoms with E-state index in [-0.39, 0.29) is 0 Å². The minimum Gasteiger partial charge on any atom is -0.0888 e. The lowest BCUT2D eigenvalue weighted by Gasteiger charge is -1.92. The van der Waals surface area contributed by atoms with Crippen molar-refractivity contribution in [3.8, 4) is 0 Å². The van der Waals surface area contributed by atoms with Crippen LogP contribution in [0, 0.1) is 0 Å². The van der Waals surface area contributed by atoms with Gasteiger partial charge in [0.05, 0.1) is 0 Å². The lowest BCUT2D eigenvalue weighted by Crippen LogP contribution is -1.71. The molecule has 10 heavy (non-hydrogen) atoms. The molecule has 0 aromatic heterocycles. The smallest absolute Gasteiger partial charge is 0.0398 e. The molecule has 0 spiro atoms. The second-order valence-electron chi connectivity index (χ2n) is 2.22. The molecule has 0 amide bonds. The Balaban J connectivity index is 2.90. The number of allylic oxidation sites excluding steroid dienone is 6. The first-order valence-corrected chi connectivity index (χ1v) is 3.85. The minimum atomic E-state index is 0.744. The van der Waals surface area contributed by atoms with E-state index < -0.39 is 0 Å². The van der Waals surface area contributed by atoms with E-state index in [4.69, 9.17) is 23.2 Å². The zero-order valence-corrected chi connectivity index (χ0v) is 7.21. The van der Waals surface area contributed by atoms with Gasteiger partial charge in [0.1, 0.15) is 0 Å². The molecule has 54 valence electrons. The Labute approximate surface area is 70.8 Å². The molecule has 0 bridgehead atoms. The van der Waals surface area contributed by atoms with Crippen LogP contribution in [0.2, 0.25) is 0 Å². The highest BCUT2D eigenvalue weighted by Crippen LogP contribution is 2.22. The van der Waals surface area contributed by atoms with Crippen LogP contribution in [-0.2, 0) is 0 Å². The van der Waals surface area contributed by atoms with Crippen LogP contribution in [0.15, 0.2) is 33.9 Å².